The highest BCUT2D eigenvalue weighted by Crippen LogP contribution is 2.12. The van der Waals surface area contributed by atoms with Crippen molar-refractivity contribution in [2.24, 2.45) is 5.73 Å². The van der Waals surface area contributed by atoms with Gasteiger partial charge in [0.15, 0.2) is 5.03 Å². The molecule has 0 bridgehead atoms. The topological polar surface area (TPSA) is 127 Å². The number of nitrogens with zero attached hydrogens (tertiary/aromatic N) is 1. The molecule has 0 amide bonds. The third-order valence-corrected chi connectivity index (χ3v) is 3.47. The van der Waals surface area contributed by atoms with Crippen LogP contribution in [0.4, 0.5) is 0 Å². The van der Waals surface area contributed by atoms with E-state index in [4.69, 9.17) is 10.5 Å². The Labute approximate surface area is 105 Å². The lowest BCUT2D eigenvalue weighted by Gasteiger charge is -2.06. The molecule has 1 heterocycles. The van der Waals surface area contributed by atoms with Crippen LogP contribution in [0.2, 0.25) is 0 Å². The maximum atomic E-state index is 11.9. The Balaban J connectivity index is 2.89. The van der Waals surface area contributed by atoms with Gasteiger partial charge >= 0.3 is 5.97 Å². The zero-order chi connectivity index (χ0) is 13.6. The van der Waals surface area contributed by atoms with E-state index in [9.17, 15) is 13.2 Å². The van der Waals surface area contributed by atoms with Crippen LogP contribution in [0.1, 0.15) is 23.7 Å². The normalized spacial score (nSPS) is 11.4. The molecule has 1 rings (SSSR count). The van der Waals surface area contributed by atoms with Crippen LogP contribution in [0.3, 0.4) is 0 Å². The van der Waals surface area contributed by atoms with Gasteiger partial charge in [0.2, 0.25) is 0 Å². The fourth-order valence-corrected chi connectivity index (χ4v) is 2.37. The lowest BCUT2D eigenvalue weighted by molar-refractivity contribution is 0.0522. The second-order valence-electron chi connectivity index (χ2n) is 3.37. The number of hydrogen-bond acceptors (Lipinski definition) is 6. The van der Waals surface area contributed by atoms with Crippen LogP contribution in [0, 0.1) is 0 Å². The molecule has 0 atom stereocenters. The van der Waals surface area contributed by atoms with Crippen LogP contribution in [-0.4, -0.2) is 44.3 Å². The van der Waals surface area contributed by atoms with Crippen molar-refractivity contribution in [2.75, 3.05) is 19.7 Å². The molecule has 0 unspecified atom stereocenters. The lowest BCUT2D eigenvalue weighted by Crippen LogP contribution is -2.28. The van der Waals surface area contributed by atoms with Gasteiger partial charge in [-0.25, -0.2) is 17.9 Å². The summed E-state index contributed by atoms with van der Waals surface area (Å²) < 4.78 is 30.8. The summed E-state index contributed by atoms with van der Waals surface area (Å²) in [5.74, 6) is -0.731. The minimum atomic E-state index is -3.81. The number of ether oxygens (including phenoxy) is 1. The number of hydrogen-bond donors (Lipinski definition) is 3. The Morgan fingerprint density at radius 2 is 2.33 bits per heavy atom. The monoisotopic (exact) mass is 276 g/mol. The van der Waals surface area contributed by atoms with Crippen LogP contribution in [0.5, 0.6) is 0 Å². The van der Waals surface area contributed by atoms with Crippen molar-refractivity contribution >= 4 is 16.0 Å². The first-order valence-corrected chi connectivity index (χ1v) is 6.91. The van der Waals surface area contributed by atoms with Gasteiger partial charge in [-0.3, -0.25) is 5.10 Å². The average molecular weight is 276 g/mol. The maximum Gasteiger partial charge on any atom is 0.342 e. The molecule has 1 aromatic rings. The van der Waals surface area contributed by atoms with Crippen LogP contribution < -0.4 is 10.5 Å². The molecule has 4 N–H and O–H groups in total. The standard InChI is InChI=1S/C9H16N4O4S/c1-2-17-9(14)7-6-11-13-8(7)18(15,16)12-5-3-4-10/h6,12H,2-5,10H2,1H3,(H,11,13). The number of nitrogens with one attached hydrogen (secondary N) is 2. The first-order chi connectivity index (χ1) is 8.53. The Hall–Kier alpha value is -1.45. The average Bonchev–Trinajstić information content (AvgIpc) is 2.79. The summed E-state index contributed by atoms with van der Waals surface area (Å²) in [6.45, 7) is 2.35. The molecule has 0 aliphatic rings. The fourth-order valence-electron chi connectivity index (χ4n) is 1.21. The van der Waals surface area contributed by atoms with Gasteiger partial charge in [0.05, 0.1) is 12.8 Å². The molecule has 0 aromatic carbocycles. The highest BCUT2D eigenvalue weighted by atomic mass is 32.2. The summed E-state index contributed by atoms with van der Waals surface area (Å²) in [7, 11) is -3.81. The van der Waals surface area contributed by atoms with Crippen molar-refractivity contribution in [3.8, 4) is 0 Å². The highest BCUT2D eigenvalue weighted by Gasteiger charge is 2.25. The molecule has 8 nitrogen and oxygen atoms in total. The molecule has 102 valence electrons. The van der Waals surface area contributed by atoms with E-state index in [-0.39, 0.29) is 23.7 Å². The van der Waals surface area contributed by atoms with Crippen LogP contribution in [0.25, 0.3) is 0 Å². The number of rotatable bonds is 7. The molecule has 1 aromatic heterocycles. The van der Waals surface area contributed by atoms with Crippen molar-refractivity contribution in [3.63, 3.8) is 0 Å². The van der Waals surface area contributed by atoms with Gasteiger partial charge in [0.1, 0.15) is 5.56 Å². The smallest absolute Gasteiger partial charge is 0.342 e. The molecule has 0 saturated carbocycles. The molecule has 18 heavy (non-hydrogen) atoms. The SMILES string of the molecule is CCOC(=O)c1cn[nH]c1S(=O)(=O)NCCCN. The summed E-state index contributed by atoms with van der Waals surface area (Å²) in [6, 6.07) is 0. The van der Waals surface area contributed by atoms with E-state index >= 15 is 0 Å². The molecule has 0 spiro atoms. The molecule has 0 aliphatic carbocycles. The molecular formula is C9H16N4O4S. The highest BCUT2D eigenvalue weighted by molar-refractivity contribution is 7.89. The second kappa shape index (κ2) is 6.47. The van der Waals surface area contributed by atoms with Gasteiger partial charge in [-0.2, -0.15) is 5.10 Å². The lowest BCUT2D eigenvalue weighted by atomic mass is 10.4. The number of aromatic amines is 1. The third-order valence-electron chi connectivity index (χ3n) is 2.04. The van der Waals surface area contributed by atoms with Crippen molar-refractivity contribution < 1.29 is 17.9 Å². The van der Waals surface area contributed by atoms with E-state index in [1.807, 2.05) is 0 Å². The van der Waals surface area contributed by atoms with Crippen molar-refractivity contribution in [2.45, 2.75) is 18.4 Å². The minimum Gasteiger partial charge on any atom is -0.462 e. The first kappa shape index (κ1) is 14.6. The van der Waals surface area contributed by atoms with Crippen molar-refractivity contribution in [3.05, 3.63) is 11.8 Å². The fraction of sp³-hybridized carbons (Fsp3) is 0.556. The summed E-state index contributed by atoms with van der Waals surface area (Å²) in [6.07, 6.45) is 1.62. The second-order valence-corrected chi connectivity index (χ2v) is 5.08. The molecule has 0 fully saturated rings. The largest absolute Gasteiger partial charge is 0.462 e. The van der Waals surface area contributed by atoms with E-state index in [1.165, 1.54) is 0 Å². The van der Waals surface area contributed by atoms with Crippen molar-refractivity contribution in [1.29, 1.82) is 0 Å². The zero-order valence-corrected chi connectivity index (χ0v) is 10.8. The summed E-state index contributed by atoms with van der Waals surface area (Å²) >= 11 is 0. The van der Waals surface area contributed by atoms with Crippen LogP contribution >= 0.6 is 0 Å². The summed E-state index contributed by atoms with van der Waals surface area (Å²) in [5, 5.41) is 5.54. The number of H-pyrrole nitrogens is 1. The molecule has 0 saturated heterocycles. The zero-order valence-electron chi connectivity index (χ0n) is 9.97. The Morgan fingerprint density at radius 1 is 1.61 bits per heavy atom. The minimum absolute atomic E-state index is 0.114. The number of nitrogens with two attached hydrogens (primary N) is 1. The quantitative estimate of drug-likeness (QED) is 0.442. The van der Waals surface area contributed by atoms with E-state index < -0.39 is 16.0 Å². The van der Waals surface area contributed by atoms with Gasteiger partial charge in [0, 0.05) is 6.54 Å². The van der Waals surface area contributed by atoms with Crippen LogP contribution in [0.15, 0.2) is 11.2 Å². The summed E-state index contributed by atoms with van der Waals surface area (Å²) in [4.78, 5) is 11.5. The van der Waals surface area contributed by atoms with Gasteiger partial charge in [-0.05, 0) is 19.9 Å². The van der Waals surface area contributed by atoms with Crippen molar-refractivity contribution in [1.82, 2.24) is 14.9 Å². The van der Waals surface area contributed by atoms with E-state index in [1.54, 1.807) is 6.92 Å². The third kappa shape index (κ3) is 3.52. The van der Waals surface area contributed by atoms with Gasteiger partial charge in [-0.15, -0.1) is 0 Å². The Morgan fingerprint density at radius 3 is 2.94 bits per heavy atom. The van der Waals surface area contributed by atoms with Gasteiger partial charge in [-0.1, -0.05) is 0 Å². The molecule has 9 heteroatoms. The number of sulfonamides is 1. The van der Waals surface area contributed by atoms with E-state index in [2.05, 4.69) is 14.9 Å². The van der Waals surface area contributed by atoms with Gasteiger partial charge in [0.25, 0.3) is 10.0 Å². The summed E-state index contributed by atoms with van der Waals surface area (Å²) in [5.41, 5.74) is 5.15. The Bertz CT molecular complexity index is 496. The number of carbonyl (C=O) groups is 1. The molecule has 0 radical (unpaired) electrons. The predicted molar refractivity (Wildman–Crippen MR) is 63.4 cm³/mol. The Kier molecular flexibility index (Phi) is 5.25. The predicted octanol–water partition coefficient (Wildman–Crippen LogP) is -0.786. The number of carbonyl (C=O) groups excluding carboxylic acids is 1. The maximum absolute atomic E-state index is 11.9. The molecule has 0 aliphatic heterocycles. The van der Waals surface area contributed by atoms with Gasteiger partial charge < -0.3 is 10.5 Å². The van der Waals surface area contributed by atoms with Crippen LogP contribution in [-0.2, 0) is 14.8 Å². The number of aromatic nitrogens is 2. The number of esters is 1. The first-order valence-electron chi connectivity index (χ1n) is 5.43. The van der Waals surface area contributed by atoms with E-state index in [0.29, 0.717) is 13.0 Å². The van der Waals surface area contributed by atoms with E-state index in [0.717, 1.165) is 6.20 Å². The molecular weight excluding hydrogens is 260 g/mol.